The Kier molecular flexibility index (Phi) is 9.37. The second-order valence-corrected chi connectivity index (χ2v) is 9.87. The molecule has 0 aromatic heterocycles. The van der Waals surface area contributed by atoms with Crippen LogP contribution in [0.1, 0.15) is 25.0 Å². The van der Waals surface area contributed by atoms with E-state index in [0.29, 0.717) is 32.9 Å². The summed E-state index contributed by atoms with van der Waals surface area (Å²) in [4.78, 5) is 50.4. The summed E-state index contributed by atoms with van der Waals surface area (Å²) in [7, 11) is 1.20. The highest BCUT2D eigenvalue weighted by Gasteiger charge is 2.41. The molecule has 0 unspecified atom stereocenters. The lowest BCUT2D eigenvalue weighted by Crippen LogP contribution is -2.42. The molecule has 0 spiro atoms. The molecule has 0 radical (unpaired) electrons. The Hall–Kier alpha value is -3.06. The van der Waals surface area contributed by atoms with Crippen LogP contribution in [-0.2, 0) is 19.1 Å². The summed E-state index contributed by atoms with van der Waals surface area (Å²) in [5, 5.41) is 2.23. The Morgan fingerprint density at radius 1 is 1.17 bits per heavy atom. The molecule has 0 saturated carbocycles. The molecule has 9 nitrogen and oxygen atoms in total. The zero-order valence-corrected chi connectivity index (χ0v) is 23.1. The number of halogens is 1. The zero-order chi connectivity index (χ0) is 26.4. The van der Waals surface area contributed by atoms with E-state index in [1.807, 2.05) is 38.1 Å². The summed E-state index contributed by atoms with van der Waals surface area (Å²) in [6, 6.07) is 9.79. The summed E-state index contributed by atoms with van der Waals surface area (Å²) in [5.74, 6) is -0.805. The van der Waals surface area contributed by atoms with Gasteiger partial charge in [0.2, 0.25) is 0 Å². The molecule has 1 aliphatic rings. The number of imide groups is 1. The summed E-state index contributed by atoms with van der Waals surface area (Å²) in [5.41, 5.74) is 2.35. The minimum absolute atomic E-state index is 0.167. The van der Waals surface area contributed by atoms with E-state index in [0.717, 1.165) is 22.2 Å². The monoisotopic (exact) mass is 624 g/mol. The minimum atomic E-state index is -1.03. The van der Waals surface area contributed by atoms with Gasteiger partial charge in [-0.05, 0) is 91.0 Å². The molecule has 3 rings (SSSR count). The van der Waals surface area contributed by atoms with Crippen molar-refractivity contribution in [3.63, 3.8) is 0 Å². The third-order valence-corrected chi connectivity index (χ3v) is 6.75. The molecule has 190 valence electrons. The number of carbonyl (C=O) groups excluding carboxylic acids is 4. The van der Waals surface area contributed by atoms with Crippen molar-refractivity contribution in [1.82, 2.24) is 4.90 Å². The number of hydrogen-bond acceptors (Lipinski definition) is 8. The van der Waals surface area contributed by atoms with Gasteiger partial charge >= 0.3 is 5.97 Å². The lowest BCUT2D eigenvalue weighted by atomic mass is 10.1. The van der Waals surface area contributed by atoms with Crippen LogP contribution in [0.4, 0.5) is 10.5 Å². The van der Waals surface area contributed by atoms with Crippen LogP contribution in [0.5, 0.6) is 11.5 Å². The zero-order valence-electron chi connectivity index (χ0n) is 20.1. The van der Waals surface area contributed by atoms with Crippen LogP contribution in [0.2, 0.25) is 0 Å². The summed E-state index contributed by atoms with van der Waals surface area (Å²) < 4.78 is 16.8. The molecular weight excluding hydrogens is 599 g/mol. The van der Waals surface area contributed by atoms with Gasteiger partial charge in [-0.3, -0.25) is 19.3 Å². The van der Waals surface area contributed by atoms with E-state index in [-0.39, 0.29) is 17.4 Å². The maximum atomic E-state index is 12.8. The number of rotatable bonds is 9. The van der Waals surface area contributed by atoms with Crippen molar-refractivity contribution < 1.29 is 33.4 Å². The van der Waals surface area contributed by atoms with E-state index in [2.05, 4.69) is 32.6 Å². The topological polar surface area (TPSA) is 111 Å². The van der Waals surface area contributed by atoms with Crippen molar-refractivity contribution >= 4 is 69.1 Å². The van der Waals surface area contributed by atoms with Crippen molar-refractivity contribution in [2.45, 2.75) is 26.8 Å². The number of esters is 1. The maximum absolute atomic E-state index is 12.8. The molecule has 1 saturated heterocycles. The molecule has 11 heteroatoms. The Morgan fingerprint density at radius 2 is 1.86 bits per heavy atom. The first-order valence-electron chi connectivity index (χ1n) is 10.9. The number of anilines is 1. The van der Waals surface area contributed by atoms with Crippen LogP contribution < -0.4 is 14.8 Å². The van der Waals surface area contributed by atoms with Crippen molar-refractivity contribution in [3.05, 3.63) is 56.0 Å². The van der Waals surface area contributed by atoms with Gasteiger partial charge in [0.05, 0.1) is 22.2 Å². The number of nitrogens with zero attached hydrogens (tertiary/aromatic N) is 1. The fraction of sp³-hybridized carbons (Fsp3) is 0.280. The van der Waals surface area contributed by atoms with Crippen LogP contribution in [0, 0.1) is 10.5 Å². The fourth-order valence-corrected chi connectivity index (χ4v) is 4.98. The number of methoxy groups -OCH3 is 1. The van der Waals surface area contributed by atoms with Crippen molar-refractivity contribution in [2.75, 3.05) is 25.6 Å². The highest BCUT2D eigenvalue weighted by Crippen LogP contribution is 2.38. The molecule has 0 aliphatic carbocycles. The first kappa shape index (κ1) is 27.5. The van der Waals surface area contributed by atoms with Crippen molar-refractivity contribution in [3.8, 4) is 11.5 Å². The second kappa shape index (κ2) is 12.3. The molecule has 2 aromatic rings. The molecule has 36 heavy (non-hydrogen) atoms. The van der Waals surface area contributed by atoms with E-state index in [9.17, 15) is 19.2 Å². The number of nitrogens with one attached hydrogen (secondary N) is 1. The predicted octanol–water partition coefficient (Wildman–Crippen LogP) is 4.61. The minimum Gasteiger partial charge on any atom is -0.490 e. The summed E-state index contributed by atoms with van der Waals surface area (Å²) in [6.45, 7) is 5.32. The highest BCUT2D eigenvalue weighted by atomic mass is 127. The molecule has 1 N–H and O–H groups in total. The van der Waals surface area contributed by atoms with Crippen LogP contribution in [0.3, 0.4) is 0 Å². The Labute approximate surface area is 226 Å². The lowest BCUT2D eigenvalue weighted by molar-refractivity contribution is -0.148. The second-order valence-electron chi connectivity index (χ2n) is 7.72. The first-order valence-corrected chi connectivity index (χ1v) is 12.8. The predicted molar refractivity (Wildman–Crippen MR) is 145 cm³/mol. The Balaban J connectivity index is 1.78. The van der Waals surface area contributed by atoms with Crippen molar-refractivity contribution in [2.24, 2.45) is 0 Å². The SMILES string of the molecule is CCOc1cc(/C=C2/SC(=O)N([C@H](C)C(=O)OC)C2=O)cc(I)c1OCC(=O)Nc1ccc(C)cc1. The Bertz CT molecular complexity index is 1210. The maximum Gasteiger partial charge on any atom is 0.328 e. The smallest absolute Gasteiger partial charge is 0.328 e. The molecule has 1 atom stereocenters. The number of thioether (sulfide) groups is 1. The summed E-state index contributed by atoms with van der Waals surface area (Å²) in [6.07, 6.45) is 1.55. The van der Waals surface area contributed by atoms with Gasteiger partial charge in [-0.25, -0.2) is 4.79 Å². The van der Waals surface area contributed by atoms with E-state index in [1.54, 1.807) is 18.2 Å². The molecule has 1 aliphatic heterocycles. The van der Waals surface area contributed by atoms with Crippen LogP contribution >= 0.6 is 34.4 Å². The largest absolute Gasteiger partial charge is 0.490 e. The molecule has 3 amide bonds. The van der Waals surface area contributed by atoms with Crippen LogP contribution in [0.25, 0.3) is 6.08 Å². The number of carbonyl (C=O) groups is 4. The van der Waals surface area contributed by atoms with Gasteiger partial charge in [0.1, 0.15) is 6.04 Å². The normalized spacial score (nSPS) is 15.1. The number of hydrogen-bond donors (Lipinski definition) is 1. The summed E-state index contributed by atoms with van der Waals surface area (Å²) >= 11 is 2.79. The van der Waals surface area contributed by atoms with E-state index in [4.69, 9.17) is 9.47 Å². The average Bonchev–Trinajstić information content (AvgIpc) is 3.11. The number of aryl methyl sites for hydroxylation is 1. The van der Waals surface area contributed by atoms with Gasteiger partial charge in [-0.2, -0.15) is 0 Å². The fourth-order valence-electron chi connectivity index (χ4n) is 3.29. The molecule has 0 bridgehead atoms. The first-order chi connectivity index (χ1) is 17.1. The van der Waals surface area contributed by atoms with E-state index in [1.165, 1.54) is 14.0 Å². The third kappa shape index (κ3) is 6.58. The molecule has 1 fully saturated rings. The Morgan fingerprint density at radius 3 is 2.50 bits per heavy atom. The highest BCUT2D eigenvalue weighted by molar-refractivity contribution is 14.1. The number of benzene rings is 2. The van der Waals surface area contributed by atoms with Gasteiger partial charge < -0.3 is 19.5 Å². The van der Waals surface area contributed by atoms with Crippen LogP contribution in [0.15, 0.2) is 41.3 Å². The van der Waals surface area contributed by atoms with Gasteiger partial charge in [-0.1, -0.05) is 17.7 Å². The van der Waals surface area contributed by atoms with Gasteiger partial charge in [0, 0.05) is 5.69 Å². The van der Waals surface area contributed by atoms with Crippen LogP contribution in [-0.4, -0.2) is 54.3 Å². The molecule has 2 aromatic carbocycles. The van der Waals surface area contributed by atoms with E-state index >= 15 is 0 Å². The molecule has 1 heterocycles. The average molecular weight is 624 g/mol. The third-order valence-electron chi connectivity index (χ3n) is 5.07. The number of ether oxygens (including phenoxy) is 3. The van der Waals surface area contributed by atoms with Gasteiger partial charge in [0.15, 0.2) is 18.1 Å². The number of amides is 3. The lowest BCUT2D eigenvalue weighted by Gasteiger charge is -2.18. The van der Waals surface area contributed by atoms with Gasteiger partial charge in [-0.15, -0.1) is 0 Å². The van der Waals surface area contributed by atoms with Crippen molar-refractivity contribution in [1.29, 1.82) is 0 Å². The standard InChI is InChI=1S/C25H25IN2O7S/c1-5-34-19-11-16(12-20-23(30)28(25(32)36-20)15(3)24(31)33-4)10-18(26)22(19)35-13-21(29)27-17-8-6-14(2)7-9-17/h6-12,15H,5,13H2,1-4H3,(H,27,29)/b20-12+/t15-/m1/s1. The quantitative estimate of drug-likeness (QED) is 0.245. The van der Waals surface area contributed by atoms with E-state index < -0.39 is 23.2 Å². The van der Waals surface area contributed by atoms with Gasteiger partial charge in [0.25, 0.3) is 17.1 Å². The molecular formula is C25H25IN2O7S.